The Morgan fingerprint density at radius 1 is 1.00 bits per heavy atom. The van der Waals surface area contributed by atoms with Crippen LogP contribution in [-0.4, -0.2) is 13.4 Å². The lowest BCUT2D eigenvalue weighted by Crippen LogP contribution is -2.24. The summed E-state index contributed by atoms with van der Waals surface area (Å²) in [6.07, 6.45) is 1.63. The smallest absolute Gasteiger partial charge is 0.241 e. The van der Waals surface area contributed by atoms with Gasteiger partial charge in [-0.25, -0.2) is 18.1 Å². The summed E-state index contributed by atoms with van der Waals surface area (Å²) in [4.78, 5) is 4.52. The second kappa shape index (κ2) is 8.33. The van der Waals surface area contributed by atoms with E-state index in [4.69, 9.17) is 4.74 Å². The summed E-state index contributed by atoms with van der Waals surface area (Å²) in [7, 11) is -3.62. The molecule has 1 N–H and O–H groups in total. The molecular weight excluding hydrogens is 360 g/mol. The molecule has 3 aromatic rings. The summed E-state index contributed by atoms with van der Waals surface area (Å²) in [5.41, 5.74) is 3.44. The highest BCUT2D eigenvalue weighted by atomic mass is 32.2. The molecule has 0 aliphatic heterocycles. The van der Waals surface area contributed by atoms with E-state index in [2.05, 4.69) is 9.71 Å². The van der Waals surface area contributed by atoms with Gasteiger partial charge in [-0.15, -0.1) is 0 Å². The van der Waals surface area contributed by atoms with Gasteiger partial charge in [-0.3, -0.25) is 0 Å². The average molecular weight is 382 g/mol. The first kappa shape index (κ1) is 19.1. The summed E-state index contributed by atoms with van der Waals surface area (Å²) in [6.45, 7) is 4.20. The Morgan fingerprint density at radius 3 is 2.52 bits per heavy atom. The van der Waals surface area contributed by atoms with Crippen LogP contribution in [0, 0.1) is 13.8 Å². The second-order valence-corrected chi connectivity index (χ2v) is 8.07. The fourth-order valence-corrected chi connectivity index (χ4v) is 4.00. The maximum Gasteiger partial charge on any atom is 0.241 e. The number of pyridine rings is 1. The lowest BCUT2D eigenvalue weighted by atomic mass is 10.2. The predicted octanol–water partition coefficient (Wildman–Crippen LogP) is 3.76. The van der Waals surface area contributed by atoms with Gasteiger partial charge in [0.05, 0.1) is 4.90 Å². The summed E-state index contributed by atoms with van der Waals surface area (Å²) < 4.78 is 33.7. The maximum atomic E-state index is 12.7. The van der Waals surface area contributed by atoms with E-state index in [0.29, 0.717) is 23.6 Å². The summed E-state index contributed by atoms with van der Waals surface area (Å²) in [5, 5.41) is 0. The molecule has 0 aliphatic carbocycles. The molecule has 0 saturated heterocycles. The molecule has 0 aliphatic rings. The molecule has 0 bridgehead atoms. The molecule has 27 heavy (non-hydrogen) atoms. The molecule has 0 saturated carbocycles. The number of ether oxygens (including phenoxy) is 1. The van der Waals surface area contributed by atoms with Gasteiger partial charge in [-0.2, -0.15) is 0 Å². The van der Waals surface area contributed by atoms with Gasteiger partial charge in [0.2, 0.25) is 15.9 Å². The number of aromatic nitrogens is 1. The second-order valence-electron chi connectivity index (χ2n) is 6.34. The molecule has 140 valence electrons. The third kappa shape index (κ3) is 4.93. The Bertz CT molecular complexity index is 1020. The van der Waals surface area contributed by atoms with Crippen LogP contribution in [0.5, 0.6) is 5.88 Å². The molecule has 5 nitrogen and oxygen atoms in total. The minimum Gasteiger partial charge on any atom is -0.473 e. The molecule has 1 aromatic heterocycles. The number of hydrogen-bond acceptors (Lipinski definition) is 4. The van der Waals surface area contributed by atoms with Gasteiger partial charge in [0.15, 0.2) is 0 Å². The minimum absolute atomic E-state index is 0.105. The number of rotatable bonds is 7. The van der Waals surface area contributed by atoms with Gasteiger partial charge >= 0.3 is 0 Å². The molecule has 0 atom stereocenters. The van der Waals surface area contributed by atoms with Gasteiger partial charge in [0.1, 0.15) is 6.61 Å². The van der Waals surface area contributed by atoms with Crippen LogP contribution in [0.25, 0.3) is 0 Å². The van der Waals surface area contributed by atoms with Gasteiger partial charge in [-0.05, 0) is 37.1 Å². The Labute approximate surface area is 160 Å². The van der Waals surface area contributed by atoms with Crippen LogP contribution >= 0.6 is 0 Å². The molecule has 2 aromatic carbocycles. The standard InChI is InChI=1S/C21H22N2O3S/c1-16-10-11-20(17(2)13-16)27(24,25)23-14-19-9-6-12-22-21(19)26-15-18-7-4-3-5-8-18/h3-13,23H,14-15H2,1-2H3. The van der Waals surface area contributed by atoms with Crippen LogP contribution in [-0.2, 0) is 23.2 Å². The SMILES string of the molecule is Cc1ccc(S(=O)(=O)NCc2cccnc2OCc2ccccc2)c(C)c1. The number of benzene rings is 2. The predicted molar refractivity (Wildman–Crippen MR) is 105 cm³/mol. The van der Waals surface area contributed by atoms with Crippen molar-refractivity contribution in [2.24, 2.45) is 0 Å². The van der Waals surface area contributed by atoms with Crippen molar-refractivity contribution in [2.45, 2.75) is 31.9 Å². The maximum absolute atomic E-state index is 12.7. The van der Waals surface area contributed by atoms with E-state index in [0.717, 1.165) is 11.1 Å². The van der Waals surface area contributed by atoms with Crippen molar-refractivity contribution >= 4 is 10.0 Å². The average Bonchev–Trinajstić information content (AvgIpc) is 2.66. The highest BCUT2D eigenvalue weighted by Gasteiger charge is 2.17. The Hall–Kier alpha value is -2.70. The lowest BCUT2D eigenvalue weighted by molar-refractivity contribution is 0.290. The Balaban J connectivity index is 1.72. The monoisotopic (exact) mass is 382 g/mol. The van der Waals surface area contributed by atoms with Crippen molar-refractivity contribution in [1.29, 1.82) is 0 Å². The normalized spacial score (nSPS) is 11.3. The minimum atomic E-state index is -3.62. The molecular formula is C21H22N2O3S. The van der Waals surface area contributed by atoms with Crippen LogP contribution in [0.3, 0.4) is 0 Å². The van der Waals surface area contributed by atoms with Crippen molar-refractivity contribution < 1.29 is 13.2 Å². The third-order valence-electron chi connectivity index (χ3n) is 4.14. The lowest BCUT2D eigenvalue weighted by Gasteiger charge is -2.13. The zero-order chi connectivity index (χ0) is 19.3. The van der Waals surface area contributed by atoms with Gasteiger partial charge in [0.25, 0.3) is 0 Å². The van der Waals surface area contributed by atoms with E-state index >= 15 is 0 Å². The molecule has 0 spiro atoms. The Morgan fingerprint density at radius 2 is 1.78 bits per heavy atom. The first-order valence-electron chi connectivity index (χ1n) is 8.63. The molecule has 0 unspecified atom stereocenters. The van der Waals surface area contributed by atoms with Gasteiger partial charge in [0, 0.05) is 18.3 Å². The fraction of sp³-hybridized carbons (Fsp3) is 0.190. The van der Waals surface area contributed by atoms with E-state index in [1.54, 1.807) is 37.4 Å². The van der Waals surface area contributed by atoms with Crippen LogP contribution in [0.1, 0.15) is 22.3 Å². The van der Waals surface area contributed by atoms with E-state index in [9.17, 15) is 8.42 Å². The van der Waals surface area contributed by atoms with Crippen molar-refractivity contribution in [3.8, 4) is 5.88 Å². The van der Waals surface area contributed by atoms with Crippen molar-refractivity contribution in [3.63, 3.8) is 0 Å². The number of nitrogens with one attached hydrogen (secondary N) is 1. The van der Waals surface area contributed by atoms with Crippen LogP contribution in [0.2, 0.25) is 0 Å². The van der Waals surface area contributed by atoms with Crippen molar-refractivity contribution in [3.05, 3.63) is 89.1 Å². The fourth-order valence-electron chi connectivity index (χ4n) is 2.77. The van der Waals surface area contributed by atoms with E-state index in [1.807, 2.05) is 43.3 Å². The van der Waals surface area contributed by atoms with Crippen molar-refractivity contribution in [2.75, 3.05) is 0 Å². The topological polar surface area (TPSA) is 68.3 Å². The highest BCUT2D eigenvalue weighted by molar-refractivity contribution is 7.89. The first-order chi connectivity index (χ1) is 13.0. The molecule has 6 heteroatoms. The molecule has 3 rings (SSSR count). The number of aryl methyl sites for hydroxylation is 2. The van der Waals surface area contributed by atoms with Crippen LogP contribution in [0.15, 0.2) is 71.8 Å². The zero-order valence-electron chi connectivity index (χ0n) is 15.3. The summed E-state index contributed by atoms with van der Waals surface area (Å²) in [6, 6.07) is 18.6. The van der Waals surface area contributed by atoms with E-state index in [1.165, 1.54) is 0 Å². The summed E-state index contributed by atoms with van der Waals surface area (Å²) >= 11 is 0. The molecule has 0 fully saturated rings. The number of sulfonamides is 1. The quantitative estimate of drug-likeness (QED) is 0.676. The number of nitrogens with zero attached hydrogens (tertiary/aromatic N) is 1. The molecule has 0 amide bonds. The Kier molecular flexibility index (Phi) is 5.88. The van der Waals surface area contributed by atoms with E-state index < -0.39 is 10.0 Å². The zero-order valence-corrected chi connectivity index (χ0v) is 16.2. The summed E-state index contributed by atoms with van der Waals surface area (Å²) in [5.74, 6) is 0.421. The van der Waals surface area contributed by atoms with E-state index in [-0.39, 0.29) is 11.4 Å². The third-order valence-corrected chi connectivity index (χ3v) is 5.70. The van der Waals surface area contributed by atoms with Gasteiger partial charge in [-0.1, -0.05) is 54.1 Å². The molecule has 1 heterocycles. The van der Waals surface area contributed by atoms with Crippen molar-refractivity contribution in [1.82, 2.24) is 9.71 Å². The first-order valence-corrected chi connectivity index (χ1v) is 10.1. The van der Waals surface area contributed by atoms with Gasteiger partial charge < -0.3 is 4.74 Å². The number of hydrogen-bond donors (Lipinski definition) is 1. The van der Waals surface area contributed by atoms with Crippen LogP contribution in [0.4, 0.5) is 0 Å². The molecule has 0 radical (unpaired) electrons. The van der Waals surface area contributed by atoms with Crippen LogP contribution < -0.4 is 9.46 Å². The highest BCUT2D eigenvalue weighted by Crippen LogP contribution is 2.19. The largest absolute Gasteiger partial charge is 0.473 e.